The van der Waals surface area contributed by atoms with Crippen LogP contribution in [0.1, 0.15) is 57.1 Å². The lowest BCUT2D eigenvalue weighted by Gasteiger charge is -2.27. The number of carbonyl (C=O) groups is 1. The summed E-state index contributed by atoms with van der Waals surface area (Å²) in [6, 6.07) is 16.3. The van der Waals surface area contributed by atoms with E-state index in [4.69, 9.17) is 16.7 Å². The Hall–Kier alpha value is -1.60. The van der Waals surface area contributed by atoms with E-state index in [2.05, 4.69) is 59.1 Å². The molecule has 2 aromatic carbocycles. The fourth-order valence-electron chi connectivity index (χ4n) is 4.50. The molecule has 0 saturated heterocycles. The van der Waals surface area contributed by atoms with Crippen LogP contribution in [-0.2, 0) is 4.79 Å². The molecule has 0 spiro atoms. The van der Waals surface area contributed by atoms with Crippen molar-refractivity contribution in [2.24, 2.45) is 11.0 Å². The summed E-state index contributed by atoms with van der Waals surface area (Å²) in [6.45, 7) is 2.09. The maximum atomic E-state index is 13.2. The number of benzene rings is 2. The van der Waals surface area contributed by atoms with Crippen LogP contribution < -0.4 is 10.3 Å². The van der Waals surface area contributed by atoms with E-state index in [1.165, 1.54) is 29.3 Å². The second-order valence-electron chi connectivity index (χ2n) is 8.23. The molecule has 6 heteroatoms. The monoisotopic (exact) mass is 535 g/mol. The quantitative estimate of drug-likeness (QED) is 0.367. The molecule has 158 valence electrons. The van der Waals surface area contributed by atoms with Gasteiger partial charge in [-0.3, -0.25) is 9.80 Å². The van der Waals surface area contributed by atoms with Crippen molar-refractivity contribution >= 4 is 51.5 Å². The van der Waals surface area contributed by atoms with Gasteiger partial charge in [0.05, 0.1) is 16.8 Å². The van der Waals surface area contributed by atoms with Crippen LogP contribution >= 0.6 is 34.2 Å². The van der Waals surface area contributed by atoms with Gasteiger partial charge in [-0.1, -0.05) is 68.5 Å². The number of hydrazone groups is 1. The number of halogens is 2. The molecule has 1 fully saturated rings. The van der Waals surface area contributed by atoms with Crippen LogP contribution in [0.15, 0.2) is 53.6 Å². The van der Waals surface area contributed by atoms with Gasteiger partial charge in [-0.25, -0.2) is 0 Å². The summed E-state index contributed by atoms with van der Waals surface area (Å²) in [5, 5.41) is 10.7. The first-order valence-electron chi connectivity index (χ1n) is 10.7. The molecular weight excluding hydrogens is 509 g/mol. The molecule has 4 rings (SSSR count). The Bertz CT molecular complexity index is 922. The first-order chi connectivity index (χ1) is 14.5. The van der Waals surface area contributed by atoms with Crippen LogP contribution in [-0.4, -0.2) is 17.7 Å². The van der Waals surface area contributed by atoms with Gasteiger partial charge in [0.15, 0.2) is 0 Å². The standard InChI is InChI=1S/C24H27ClIN3O/c1-16-22(24(30)27-19-8-4-2-3-5-9-19)28-29(21-11-7-6-10-20(21)25)23(16)17-12-14-18(26)15-13-17/h6-7,10-16,19,23H,2-5,8-9H2,1H3,(H,27,30). The van der Waals surface area contributed by atoms with E-state index in [9.17, 15) is 4.79 Å². The Morgan fingerprint density at radius 2 is 1.73 bits per heavy atom. The summed E-state index contributed by atoms with van der Waals surface area (Å²) in [5.41, 5.74) is 2.54. The first kappa shape index (κ1) is 21.6. The molecule has 1 amide bonds. The highest BCUT2D eigenvalue weighted by Crippen LogP contribution is 2.41. The van der Waals surface area contributed by atoms with E-state index < -0.39 is 0 Å². The summed E-state index contributed by atoms with van der Waals surface area (Å²) < 4.78 is 1.18. The van der Waals surface area contributed by atoms with Crippen molar-refractivity contribution in [3.05, 3.63) is 62.7 Å². The van der Waals surface area contributed by atoms with Gasteiger partial charge in [0, 0.05) is 15.5 Å². The maximum absolute atomic E-state index is 13.2. The van der Waals surface area contributed by atoms with E-state index in [0.29, 0.717) is 10.7 Å². The third-order valence-corrected chi connectivity index (χ3v) is 7.16. The smallest absolute Gasteiger partial charge is 0.268 e. The summed E-state index contributed by atoms with van der Waals surface area (Å²) in [5.74, 6) is -0.0911. The maximum Gasteiger partial charge on any atom is 0.268 e. The zero-order valence-corrected chi connectivity index (χ0v) is 20.1. The molecule has 2 aromatic rings. The van der Waals surface area contributed by atoms with Crippen molar-refractivity contribution in [1.82, 2.24) is 5.32 Å². The van der Waals surface area contributed by atoms with Crippen LogP contribution in [0.3, 0.4) is 0 Å². The van der Waals surface area contributed by atoms with Crippen molar-refractivity contribution in [2.75, 3.05) is 5.01 Å². The Morgan fingerprint density at radius 1 is 1.07 bits per heavy atom. The molecule has 1 saturated carbocycles. The second-order valence-corrected chi connectivity index (χ2v) is 9.88. The van der Waals surface area contributed by atoms with Gasteiger partial charge in [-0.05, 0) is 65.3 Å². The first-order valence-corrected chi connectivity index (χ1v) is 12.2. The molecular formula is C24H27ClIN3O. The number of nitrogens with one attached hydrogen (secondary N) is 1. The number of nitrogens with zero attached hydrogens (tertiary/aromatic N) is 2. The molecule has 0 aromatic heterocycles. The number of amides is 1. The molecule has 1 N–H and O–H groups in total. The van der Waals surface area contributed by atoms with Gasteiger partial charge in [-0.15, -0.1) is 0 Å². The summed E-state index contributed by atoms with van der Waals surface area (Å²) in [7, 11) is 0. The fourth-order valence-corrected chi connectivity index (χ4v) is 5.08. The average Bonchev–Trinajstić information content (AvgIpc) is 2.89. The Balaban J connectivity index is 1.65. The molecule has 30 heavy (non-hydrogen) atoms. The van der Waals surface area contributed by atoms with Crippen molar-refractivity contribution in [2.45, 2.75) is 57.5 Å². The Morgan fingerprint density at radius 3 is 2.40 bits per heavy atom. The highest BCUT2D eigenvalue weighted by molar-refractivity contribution is 14.1. The number of hydrogen-bond acceptors (Lipinski definition) is 3. The normalized spacial score (nSPS) is 22.5. The van der Waals surface area contributed by atoms with E-state index in [1.54, 1.807) is 0 Å². The minimum atomic E-state index is -0.0724. The molecule has 4 nitrogen and oxygen atoms in total. The molecule has 1 aliphatic carbocycles. The minimum Gasteiger partial charge on any atom is -0.348 e. The molecule has 2 atom stereocenters. The SMILES string of the molecule is CC1C(C(=O)NC2CCCCCC2)=NN(c2ccccc2Cl)C1c1ccc(I)cc1. The van der Waals surface area contributed by atoms with Crippen molar-refractivity contribution in [3.63, 3.8) is 0 Å². The van der Waals surface area contributed by atoms with Gasteiger partial charge in [-0.2, -0.15) is 5.10 Å². The lowest BCUT2D eigenvalue weighted by molar-refractivity contribution is -0.115. The van der Waals surface area contributed by atoms with E-state index in [1.807, 2.05) is 29.3 Å². The van der Waals surface area contributed by atoms with E-state index >= 15 is 0 Å². The van der Waals surface area contributed by atoms with Crippen molar-refractivity contribution < 1.29 is 4.79 Å². The highest BCUT2D eigenvalue weighted by atomic mass is 127. The number of para-hydroxylation sites is 1. The summed E-state index contributed by atoms with van der Waals surface area (Å²) in [6.07, 6.45) is 7.01. The molecule has 0 bridgehead atoms. The van der Waals surface area contributed by atoms with Crippen molar-refractivity contribution in [3.8, 4) is 0 Å². The Kier molecular flexibility index (Phi) is 6.98. The largest absolute Gasteiger partial charge is 0.348 e. The van der Waals surface area contributed by atoms with Crippen molar-refractivity contribution in [1.29, 1.82) is 0 Å². The second kappa shape index (κ2) is 9.69. The number of anilines is 1. The number of rotatable bonds is 4. The average molecular weight is 536 g/mol. The van der Waals surface area contributed by atoms with Gasteiger partial charge >= 0.3 is 0 Å². The minimum absolute atomic E-state index is 0.0422. The van der Waals surface area contributed by atoms with Crippen LogP contribution in [0.4, 0.5) is 5.69 Å². The predicted molar refractivity (Wildman–Crippen MR) is 132 cm³/mol. The number of carbonyl (C=O) groups excluding carboxylic acids is 1. The lowest BCUT2D eigenvalue weighted by Crippen LogP contribution is -2.40. The Labute approximate surface area is 197 Å². The summed E-state index contributed by atoms with van der Waals surface area (Å²) in [4.78, 5) is 13.2. The van der Waals surface area contributed by atoms with E-state index in [0.717, 1.165) is 24.1 Å². The molecule has 0 radical (unpaired) electrons. The van der Waals surface area contributed by atoms with Crippen LogP contribution in [0.2, 0.25) is 5.02 Å². The summed E-state index contributed by atoms with van der Waals surface area (Å²) >= 11 is 8.83. The fraction of sp³-hybridized carbons (Fsp3) is 0.417. The van der Waals surface area contributed by atoms with Gasteiger partial charge < -0.3 is 5.32 Å². The third kappa shape index (κ3) is 4.67. The predicted octanol–water partition coefficient (Wildman–Crippen LogP) is 6.34. The van der Waals surface area contributed by atoms with Gasteiger partial charge in [0.2, 0.25) is 0 Å². The van der Waals surface area contributed by atoms with Crippen LogP contribution in [0, 0.1) is 9.49 Å². The molecule has 2 aliphatic rings. The van der Waals surface area contributed by atoms with Gasteiger partial charge in [0.1, 0.15) is 5.71 Å². The lowest BCUT2D eigenvalue weighted by atomic mass is 9.90. The van der Waals surface area contributed by atoms with E-state index in [-0.39, 0.29) is 23.9 Å². The molecule has 1 aliphatic heterocycles. The zero-order valence-electron chi connectivity index (χ0n) is 17.2. The molecule has 2 unspecified atom stereocenters. The van der Waals surface area contributed by atoms with Crippen LogP contribution in [0.25, 0.3) is 0 Å². The number of hydrogen-bond donors (Lipinski definition) is 1. The third-order valence-electron chi connectivity index (χ3n) is 6.12. The zero-order chi connectivity index (χ0) is 21.1. The topological polar surface area (TPSA) is 44.7 Å². The highest BCUT2D eigenvalue weighted by Gasteiger charge is 2.40. The van der Waals surface area contributed by atoms with Crippen LogP contribution in [0.5, 0.6) is 0 Å². The molecule has 1 heterocycles. The van der Waals surface area contributed by atoms with Gasteiger partial charge in [0.25, 0.3) is 5.91 Å².